The van der Waals surface area contributed by atoms with Gasteiger partial charge in [0.2, 0.25) is 0 Å². The average molecular weight is 341 g/mol. The predicted octanol–water partition coefficient (Wildman–Crippen LogP) is 3.31. The van der Waals surface area contributed by atoms with E-state index in [1.165, 1.54) is 0 Å². The largest absolute Gasteiger partial charge is 0.335 e. The first-order chi connectivity index (χ1) is 10.5. The Bertz CT molecular complexity index is 706. The quantitative estimate of drug-likeness (QED) is 0.841. The second-order valence-electron chi connectivity index (χ2n) is 5.77. The molecule has 0 N–H and O–H groups in total. The number of piperidine rings is 1. The van der Waals surface area contributed by atoms with Gasteiger partial charge in [0.05, 0.1) is 17.3 Å². The summed E-state index contributed by atoms with van der Waals surface area (Å²) in [4.78, 5) is 14.6. The first-order valence-electron chi connectivity index (χ1n) is 7.28. The molecule has 1 amide bonds. The van der Waals surface area contributed by atoms with E-state index < -0.39 is 0 Å². The molecule has 118 valence electrons. The van der Waals surface area contributed by atoms with Gasteiger partial charge in [-0.15, -0.1) is 0 Å². The highest BCUT2D eigenvalue weighted by Crippen LogP contribution is 2.28. The van der Waals surface area contributed by atoms with Crippen LogP contribution in [-0.2, 0) is 7.05 Å². The molecule has 3 heterocycles. The molecule has 0 aromatic carbocycles. The number of nitrogens with zero attached hydrogens (tertiary/aromatic N) is 4. The molecule has 2 aromatic heterocycles. The summed E-state index contributed by atoms with van der Waals surface area (Å²) in [6.45, 7) is 3.42. The predicted molar refractivity (Wildman–Crippen MR) is 86.6 cm³/mol. The molecule has 2 aromatic rings. The highest BCUT2D eigenvalue weighted by molar-refractivity contribution is 6.41. The highest BCUT2D eigenvalue weighted by Gasteiger charge is 2.28. The lowest BCUT2D eigenvalue weighted by atomic mass is 10.1. The fourth-order valence-corrected chi connectivity index (χ4v) is 3.27. The summed E-state index contributed by atoms with van der Waals surface area (Å²) in [5, 5.41) is 5.17. The molecule has 5 nitrogen and oxygen atoms in total. The maximum absolute atomic E-state index is 12.7. The van der Waals surface area contributed by atoms with Crippen molar-refractivity contribution in [2.24, 2.45) is 7.05 Å². The Labute approximate surface area is 139 Å². The zero-order valence-electron chi connectivity index (χ0n) is 12.6. The third-order valence-corrected chi connectivity index (χ3v) is 4.97. The van der Waals surface area contributed by atoms with E-state index >= 15 is 0 Å². The first kappa shape index (κ1) is 15.4. The van der Waals surface area contributed by atoms with Crippen LogP contribution in [0.1, 0.15) is 34.9 Å². The van der Waals surface area contributed by atoms with Crippen molar-refractivity contribution < 1.29 is 4.79 Å². The Balaban J connectivity index is 1.79. The third kappa shape index (κ3) is 2.75. The van der Waals surface area contributed by atoms with E-state index in [-0.39, 0.29) is 11.9 Å². The van der Waals surface area contributed by atoms with Crippen molar-refractivity contribution in [3.63, 3.8) is 0 Å². The van der Waals surface area contributed by atoms with Gasteiger partial charge in [-0.3, -0.25) is 9.48 Å². The van der Waals surface area contributed by atoms with Gasteiger partial charge in [0.1, 0.15) is 10.8 Å². The molecule has 7 heteroatoms. The second-order valence-corrected chi connectivity index (χ2v) is 6.54. The van der Waals surface area contributed by atoms with Crippen molar-refractivity contribution in [2.45, 2.75) is 25.8 Å². The van der Waals surface area contributed by atoms with Gasteiger partial charge in [-0.1, -0.05) is 23.2 Å². The van der Waals surface area contributed by atoms with Crippen molar-refractivity contribution in [1.82, 2.24) is 19.2 Å². The summed E-state index contributed by atoms with van der Waals surface area (Å²) in [6, 6.07) is 1.85. The molecule has 1 fully saturated rings. The molecule has 0 bridgehead atoms. The van der Waals surface area contributed by atoms with E-state index in [0.29, 0.717) is 22.4 Å². The molecular weight excluding hydrogens is 323 g/mol. The molecule has 3 rings (SSSR count). The Kier molecular flexibility index (Phi) is 4.19. The van der Waals surface area contributed by atoms with Gasteiger partial charge >= 0.3 is 0 Å². The van der Waals surface area contributed by atoms with Crippen LogP contribution in [0.3, 0.4) is 0 Å². The van der Waals surface area contributed by atoms with Crippen LogP contribution < -0.4 is 0 Å². The summed E-state index contributed by atoms with van der Waals surface area (Å²) in [6.07, 6.45) is 5.85. The van der Waals surface area contributed by atoms with Gasteiger partial charge in [-0.2, -0.15) is 5.10 Å². The minimum Gasteiger partial charge on any atom is -0.335 e. The van der Waals surface area contributed by atoms with E-state index in [2.05, 4.69) is 5.10 Å². The maximum Gasteiger partial charge on any atom is 0.270 e. The van der Waals surface area contributed by atoms with Crippen LogP contribution in [0.2, 0.25) is 10.2 Å². The Hall–Kier alpha value is -1.46. The maximum atomic E-state index is 12.7. The van der Waals surface area contributed by atoms with Crippen LogP contribution >= 0.6 is 23.2 Å². The zero-order chi connectivity index (χ0) is 15.9. The fourth-order valence-electron chi connectivity index (χ4n) is 2.90. The molecule has 1 aliphatic heterocycles. The molecule has 22 heavy (non-hydrogen) atoms. The lowest BCUT2D eigenvalue weighted by Crippen LogP contribution is -2.41. The van der Waals surface area contributed by atoms with Gasteiger partial charge in [-0.05, 0) is 31.4 Å². The van der Waals surface area contributed by atoms with Crippen molar-refractivity contribution in [2.75, 3.05) is 13.1 Å². The van der Waals surface area contributed by atoms with Gasteiger partial charge in [0, 0.05) is 26.3 Å². The number of hydrogen-bond donors (Lipinski definition) is 0. The Morgan fingerprint density at radius 3 is 2.77 bits per heavy atom. The van der Waals surface area contributed by atoms with Crippen LogP contribution in [-0.4, -0.2) is 38.2 Å². The number of hydrogen-bond acceptors (Lipinski definition) is 2. The number of carbonyl (C=O) groups is 1. The standard InChI is InChI=1S/C15H18Cl2N4O/c1-10-7-18-21(8-10)11-4-3-5-20(9-11)15(22)13-6-12(16)14(17)19(13)2/h6-8,11H,3-5,9H2,1-2H3/t11-/m1/s1. The molecular formula is C15H18Cl2N4O. The molecule has 0 saturated carbocycles. The summed E-state index contributed by atoms with van der Waals surface area (Å²) in [5.74, 6) is -0.0371. The van der Waals surface area contributed by atoms with Crippen LogP contribution in [0.5, 0.6) is 0 Å². The average Bonchev–Trinajstić information content (AvgIpc) is 3.06. The second kappa shape index (κ2) is 5.97. The van der Waals surface area contributed by atoms with Crippen LogP contribution in [0, 0.1) is 6.92 Å². The number of amides is 1. The lowest BCUT2D eigenvalue weighted by molar-refractivity contribution is 0.0663. The Morgan fingerprint density at radius 2 is 2.18 bits per heavy atom. The summed E-state index contributed by atoms with van der Waals surface area (Å²) in [5.41, 5.74) is 1.65. The minimum atomic E-state index is -0.0371. The monoisotopic (exact) mass is 340 g/mol. The number of rotatable bonds is 2. The number of aryl methyl sites for hydroxylation is 1. The summed E-state index contributed by atoms with van der Waals surface area (Å²) in [7, 11) is 1.75. The van der Waals surface area contributed by atoms with Gasteiger partial charge in [-0.25, -0.2) is 0 Å². The van der Waals surface area contributed by atoms with Crippen molar-refractivity contribution >= 4 is 29.1 Å². The van der Waals surface area contributed by atoms with Crippen molar-refractivity contribution in [3.8, 4) is 0 Å². The third-order valence-electron chi connectivity index (χ3n) is 4.12. The van der Waals surface area contributed by atoms with Gasteiger partial charge in [0.15, 0.2) is 0 Å². The van der Waals surface area contributed by atoms with E-state index in [4.69, 9.17) is 23.2 Å². The topological polar surface area (TPSA) is 43.1 Å². The zero-order valence-corrected chi connectivity index (χ0v) is 14.1. The van der Waals surface area contributed by atoms with Gasteiger partial charge in [0.25, 0.3) is 5.91 Å². The number of likely N-dealkylation sites (tertiary alicyclic amines) is 1. The molecule has 0 unspecified atom stereocenters. The molecule has 0 radical (unpaired) electrons. The molecule has 1 atom stereocenters. The normalized spacial score (nSPS) is 18.7. The van der Waals surface area contributed by atoms with E-state index in [1.807, 2.05) is 28.9 Å². The number of aromatic nitrogens is 3. The van der Waals surface area contributed by atoms with E-state index in [0.717, 1.165) is 24.9 Å². The number of halogens is 2. The SMILES string of the molecule is Cc1cnn([C@@H]2CCCN(C(=O)c3cc(Cl)c(Cl)n3C)C2)c1. The summed E-state index contributed by atoms with van der Waals surface area (Å²) >= 11 is 12.1. The van der Waals surface area contributed by atoms with Crippen molar-refractivity contribution in [1.29, 1.82) is 0 Å². The smallest absolute Gasteiger partial charge is 0.270 e. The molecule has 1 aliphatic rings. The Morgan fingerprint density at radius 1 is 1.41 bits per heavy atom. The van der Waals surface area contributed by atoms with Crippen LogP contribution in [0.4, 0.5) is 0 Å². The van der Waals surface area contributed by atoms with E-state index in [9.17, 15) is 4.79 Å². The lowest BCUT2D eigenvalue weighted by Gasteiger charge is -2.33. The van der Waals surface area contributed by atoms with Crippen LogP contribution in [0.25, 0.3) is 0 Å². The molecule has 0 spiro atoms. The minimum absolute atomic E-state index is 0.0371. The van der Waals surface area contributed by atoms with E-state index in [1.54, 1.807) is 17.7 Å². The van der Waals surface area contributed by atoms with Crippen molar-refractivity contribution in [3.05, 3.63) is 39.9 Å². The van der Waals surface area contributed by atoms with Gasteiger partial charge < -0.3 is 9.47 Å². The molecule has 0 aliphatic carbocycles. The first-order valence-corrected chi connectivity index (χ1v) is 8.03. The number of carbonyl (C=O) groups excluding carboxylic acids is 1. The summed E-state index contributed by atoms with van der Waals surface area (Å²) < 4.78 is 3.59. The fraction of sp³-hybridized carbons (Fsp3) is 0.467. The highest BCUT2D eigenvalue weighted by atomic mass is 35.5. The van der Waals surface area contributed by atoms with Crippen LogP contribution in [0.15, 0.2) is 18.5 Å². The molecule has 1 saturated heterocycles.